The van der Waals surface area contributed by atoms with Crippen molar-refractivity contribution >= 4 is 40.0 Å². The van der Waals surface area contributed by atoms with E-state index in [1.807, 2.05) is 22.4 Å². The second kappa shape index (κ2) is 9.05. The minimum atomic E-state index is -0.204. The van der Waals surface area contributed by atoms with Crippen molar-refractivity contribution in [3.8, 4) is 0 Å². The molecule has 1 aliphatic heterocycles. The van der Waals surface area contributed by atoms with Crippen molar-refractivity contribution < 1.29 is 9.59 Å². The van der Waals surface area contributed by atoms with Crippen LogP contribution in [0.15, 0.2) is 34.9 Å². The van der Waals surface area contributed by atoms with Crippen molar-refractivity contribution in [3.05, 3.63) is 35.5 Å². The Hall–Kier alpha value is -1.93. The SMILES string of the molecule is O=C(Nc1nccs1)C1CCCN(C(=O)c2cccnc2SC2CCCC2)C1. The number of carbonyl (C=O) groups excluding carboxylic acids is 2. The summed E-state index contributed by atoms with van der Waals surface area (Å²) in [6.45, 7) is 1.13. The number of rotatable bonds is 5. The number of likely N-dealkylation sites (tertiary alicyclic amines) is 1. The second-order valence-electron chi connectivity index (χ2n) is 7.30. The predicted molar refractivity (Wildman–Crippen MR) is 112 cm³/mol. The Morgan fingerprint density at radius 3 is 2.79 bits per heavy atom. The van der Waals surface area contributed by atoms with E-state index < -0.39 is 0 Å². The van der Waals surface area contributed by atoms with E-state index in [0.717, 1.165) is 17.9 Å². The number of nitrogens with one attached hydrogen (secondary N) is 1. The van der Waals surface area contributed by atoms with E-state index in [4.69, 9.17) is 0 Å². The molecule has 2 fully saturated rings. The van der Waals surface area contributed by atoms with Gasteiger partial charge in [-0.2, -0.15) is 0 Å². The number of hydrogen-bond donors (Lipinski definition) is 1. The smallest absolute Gasteiger partial charge is 0.256 e. The number of anilines is 1. The lowest BCUT2D eigenvalue weighted by molar-refractivity contribution is -0.121. The zero-order valence-corrected chi connectivity index (χ0v) is 17.3. The number of piperidine rings is 1. The van der Waals surface area contributed by atoms with Gasteiger partial charge in [0.05, 0.1) is 11.5 Å². The van der Waals surface area contributed by atoms with Gasteiger partial charge in [-0.05, 0) is 37.8 Å². The highest BCUT2D eigenvalue weighted by molar-refractivity contribution is 7.99. The Labute approximate surface area is 173 Å². The fourth-order valence-electron chi connectivity index (χ4n) is 3.85. The Kier molecular flexibility index (Phi) is 6.26. The molecule has 0 aromatic carbocycles. The molecule has 0 bridgehead atoms. The number of amides is 2. The number of hydrogen-bond acceptors (Lipinski definition) is 6. The molecule has 2 aromatic rings. The monoisotopic (exact) mass is 416 g/mol. The average Bonchev–Trinajstić information content (AvgIpc) is 3.42. The lowest BCUT2D eigenvalue weighted by Crippen LogP contribution is -2.44. The predicted octanol–water partition coefficient (Wildman–Crippen LogP) is 4.06. The Bertz CT molecular complexity index is 821. The largest absolute Gasteiger partial charge is 0.338 e. The molecule has 1 N–H and O–H groups in total. The van der Waals surface area contributed by atoms with E-state index in [0.29, 0.717) is 29.0 Å². The molecule has 6 nitrogen and oxygen atoms in total. The van der Waals surface area contributed by atoms with Gasteiger partial charge < -0.3 is 10.2 Å². The molecule has 1 atom stereocenters. The molecule has 1 saturated heterocycles. The zero-order valence-electron chi connectivity index (χ0n) is 15.7. The normalized spacial score (nSPS) is 20.3. The molecule has 4 rings (SSSR count). The first-order valence-corrected chi connectivity index (χ1v) is 11.6. The van der Waals surface area contributed by atoms with Crippen molar-refractivity contribution in [3.63, 3.8) is 0 Å². The van der Waals surface area contributed by atoms with Crippen LogP contribution in [0.1, 0.15) is 48.9 Å². The molecule has 2 aliphatic rings. The standard InChI is InChI=1S/C20H24N4O2S2/c25-17(23-20-22-10-12-27-20)14-5-4-11-24(13-14)19(26)16-8-3-9-21-18(16)28-15-6-1-2-7-15/h3,8-10,12,14-15H,1-2,4-7,11,13H2,(H,22,23,25). The van der Waals surface area contributed by atoms with Gasteiger partial charge in [0.25, 0.3) is 5.91 Å². The van der Waals surface area contributed by atoms with Crippen LogP contribution in [0.3, 0.4) is 0 Å². The van der Waals surface area contributed by atoms with Crippen molar-refractivity contribution in [2.24, 2.45) is 5.92 Å². The lowest BCUT2D eigenvalue weighted by atomic mass is 9.96. The first-order chi connectivity index (χ1) is 13.7. The van der Waals surface area contributed by atoms with E-state index in [9.17, 15) is 9.59 Å². The maximum absolute atomic E-state index is 13.2. The highest BCUT2D eigenvalue weighted by Crippen LogP contribution is 2.35. The molecule has 3 heterocycles. The quantitative estimate of drug-likeness (QED) is 0.795. The van der Waals surface area contributed by atoms with Crippen molar-refractivity contribution in [2.45, 2.75) is 48.8 Å². The van der Waals surface area contributed by atoms with E-state index in [-0.39, 0.29) is 17.7 Å². The second-order valence-corrected chi connectivity index (χ2v) is 9.48. The summed E-state index contributed by atoms with van der Waals surface area (Å²) in [6, 6.07) is 3.69. The van der Waals surface area contributed by atoms with E-state index in [2.05, 4.69) is 15.3 Å². The molecule has 0 spiro atoms. The zero-order chi connectivity index (χ0) is 19.3. The summed E-state index contributed by atoms with van der Waals surface area (Å²) >= 11 is 3.14. The van der Waals surface area contributed by atoms with Crippen LogP contribution in [0.4, 0.5) is 5.13 Å². The van der Waals surface area contributed by atoms with Crippen LogP contribution in [-0.4, -0.2) is 45.0 Å². The molecule has 148 valence electrons. The van der Waals surface area contributed by atoms with Crippen LogP contribution in [-0.2, 0) is 4.79 Å². The molecule has 0 radical (unpaired) electrons. The van der Waals surface area contributed by atoms with Gasteiger partial charge in [-0.1, -0.05) is 12.8 Å². The molecule has 2 amide bonds. The summed E-state index contributed by atoms with van der Waals surface area (Å²) in [5.74, 6) is -0.274. The molecule has 8 heteroatoms. The fraction of sp³-hybridized carbons (Fsp3) is 0.500. The summed E-state index contributed by atoms with van der Waals surface area (Å²) in [7, 11) is 0. The molecular weight excluding hydrogens is 392 g/mol. The number of thioether (sulfide) groups is 1. The third-order valence-electron chi connectivity index (χ3n) is 5.32. The van der Waals surface area contributed by atoms with Gasteiger partial charge in [0.2, 0.25) is 5.91 Å². The topological polar surface area (TPSA) is 75.2 Å². The molecule has 2 aromatic heterocycles. The Morgan fingerprint density at radius 2 is 2.00 bits per heavy atom. The van der Waals surface area contributed by atoms with Gasteiger partial charge in [-0.3, -0.25) is 9.59 Å². The number of nitrogens with zero attached hydrogens (tertiary/aromatic N) is 3. The van der Waals surface area contributed by atoms with Gasteiger partial charge in [0.15, 0.2) is 5.13 Å². The number of aromatic nitrogens is 2. The minimum absolute atomic E-state index is 0.0136. The van der Waals surface area contributed by atoms with Gasteiger partial charge >= 0.3 is 0 Å². The van der Waals surface area contributed by atoms with E-state index in [1.165, 1.54) is 37.0 Å². The van der Waals surface area contributed by atoms with E-state index >= 15 is 0 Å². The molecule has 1 saturated carbocycles. The van der Waals surface area contributed by atoms with E-state index in [1.54, 1.807) is 24.2 Å². The number of pyridine rings is 1. The lowest BCUT2D eigenvalue weighted by Gasteiger charge is -2.32. The van der Waals surface area contributed by atoms with Gasteiger partial charge in [0.1, 0.15) is 5.03 Å². The van der Waals surface area contributed by atoms with Crippen LogP contribution in [0.2, 0.25) is 0 Å². The molecule has 28 heavy (non-hydrogen) atoms. The van der Waals surface area contributed by atoms with Crippen LogP contribution < -0.4 is 5.32 Å². The van der Waals surface area contributed by atoms with Gasteiger partial charge in [0, 0.05) is 36.1 Å². The maximum Gasteiger partial charge on any atom is 0.256 e. The number of carbonyl (C=O) groups is 2. The maximum atomic E-state index is 13.2. The summed E-state index contributed by atoms with van der Waals surface area (Å²) in [4.78, 5) is 36.2. The number of thiazole rings is 1. The van der Waals surface area contributed by atoms with Crippen LogP contribution in [0.25, 0.3) is 0 Å². The van der Waals surface area contributed by atoms with Crippen LogP contribution >= 0.6 is 23.1 Å². The van der Waals surface area contributed by atoms with Gasteiger partial charge in [-0.15, -0.1) is 23.1 Å². The molecule has 1 aliphatic carbocycles. The third-order valence-corrected chi connectivity index (χ3v) is 7.37. The minimum Gasteiger partial charge on any atom is -0.338 e. The average molecular weight is 417 g/mol. The third kappa shape index (κ3) is 4.55. The van der Waals surface area contributed by atoms with Crippen LogP contribution in [0.5, 0.6) is 0 Å². The summed E-state index contributed by atoms with van der Waals surface area (Å²) < 4.78 is 0. The first-order valence-electron chi connectivity index (χ1n) is 9.82. The summed E-state index contributed by atoms with van der Waals surface area (Å²) in [6.07, 6.45) is 9.95. The fourth-order valence-corrected chi connectivity index (χ4v) is 5.67. The van der Waals surface area contributed by atoms with Crippen molar-refractivity contribution in [1.29, 1.82) is 0 Å². The van der Waals surface area contributed by atoms with Gasteiger partial charge in [-0.25, -0.2) is 9.97 Å². The van der Waals surface area contributed by atoms with Crippen molar-refractivity contribution in [1.82, 2.24) is 14.9 Å². The van der Waals surface area contributed by atoms with Crippen LogP contribution in [0, 0.1) is 5.92 Å². The molecular formula is C20H24N4O2S2. The Balaban J connectivity index is 1.43. The Morgan fingerprint density at radius 1 is 1.14 bits per heavy atom. The first kappa shape index (κ1) is 19.4. The highest BCUT2D eigenvalue weighted by Gasteiger charge is 2.31. The summed E-state index contributed by atoms with van der Waals surface area (Å²) in [5, 5.41) is 6.69. The molecule has 1 unspecified atom stereocenters. The van der Waals surface area contributed by atoms with Crippen molar-refractivity contribution in [2.75, 3.05) is 18.4 Å². The summed E-state index contributed by atoms with van der Waals surface area (Å²) in [5.41, 5.74) is 0.667. The highest BCUT2D eigenvalue weighted by atomic mass is 32.2.